The zero-order valence-electron chi connectivity index (χ0n) is 10.6. The lowest BCUT2D eigenvalue weighted by atomic mass is 9.94. The fraction of sp³-hybridized carbons (Fsp3) is 0.417. The SMILES string of the molecule is COC(=O)c1c(F)c(F)c(CC(C)(C)N)c(F)c1F. The highest BCUT2D eigenvalue weighted by atomic mass is 19.2. The molecule has 0 saturated carbocycles. The van der Waals surface area contributed by atoms with Crippen molar-refractivity contribution in [2.45, 2.75) is 25.8 Å². The molecule has 19 heavy (non-hydrogen) atoms. The van der Waals surface area contributed by atoms with E-state index in [-0.39, 0.29) is 0 Å². The lowest BCUT2D eigenvalue weighted by molar-refractivity contribution is 0.0586. The molecule has 0 amide bonds. The molecule has 1 rings (SSSR count). The van der Waals surface area contributed by atoms with Gasteiger partial charge in [-0.3, -0.25) is 0 Å². The van der Waals surface area contributed by atoms with Crippen LogP contribution in [0.4, 0.5) is 17.6 Å². The molecule has 0 bridgehead atoms. The molecule has 0 heterocycles. The van der Waals surface area contributed by atoms with E-state index in [0.717, 1.165) is 7.11 Å². The van der Waals surface area contributed by atoms with Gasteiger partial charge in [-0.25, -0.2) is 22.4 Å². The second-order valence-electron chi connectivity index (χ2n) is 4.77. The van der Waals surface area contributed by atoms with Crippen molar-refractivity contribution in [2.75, 3.05) is 7.11 Å². The number of esters is 1. The smallest absolute Gasteiger partial charge is 0.344 e. The predicted molar refractivity (Wildman–Crippen MR) is 59.6 cm³/mol. The average Bonchev–Trinajstić information content (AvgIpc) is 2.31. The Balaban J connectivity index is 3.52. The van der Waals surface area contributed by atoms with Crippen LogP contribution < -0.4 is 5.73 Å². The van der Waals surface area contributed by atoms with Crippen molar-refractivity contribution >= 4 is 5.97 Å². The number of halogens is 4. The summed E-state index contributed by atoms with van der Waals surface area (Å²) >= 11 is 0. The molecule has 0 aliphatic carbocycles. The summed E-state index contributed by atoms with van der Waals surface area (Å²) in [5.74, 6) is -8.35. The van der Waals surface area contributed by atoms with Crippen molar-refractivity contribution in [1.29, 1.82) is 0 Å². The molecule has 0 spiro atoms. The van der Waals surface area contributed by atoms with Crippen molar-refractivity contribution < 1.29 is 27.1 Å². The number of nitrogens with two attached hydrogens (primary N) is 1. The molecule has 0 saturated heterocycles. The summed E-state index contributed by atoms with van der Waals surface area (Å²) in [5.41, 5.74) is 2.25. The standard InChI is InChI=1S/C12H13F4NO2/c1-12(2,17)4-5-7(13)9(15)6(11(18)19-3)10(16)8(5)14/h4,17H2,1-3H3. The van der Waals surface area contributed by atoms with Gasteiger partial charge < -0.3 is 10.5 Å². The number of rotatable bonds is 3. The molecule has 7 heteroatoms. The minimum Gasteiger partial charge on any atom is -0.465 e. The summed E-state index contributed by atoms with van der Waals surface area (Å²) in [7, 11) is 0.841. The van der Waals surface area contributed by atoms with Gasteiger partial charge in [0.2, 0.25) is 0 Å². The zero-order chi connectivity index (χ0) is 15.0. The lowest BCUT2D eigenvalue weighted by Gasteiger charge is -2.20. The van der Waals surface area contributed by atoms with E-state index in [0.29, 0.717) is 0 Å². The molecule has 0 fully saturated rings. The molecule has 0 atom stereocenters. The maximum atomic E-state index is 13.7. The third-order valence-corrected chi connectivity index (χ3v) is 2.38. The Morgan fingerprint density at radius 2 is 1.53 bits per heavy atom. The van der Waals surface area contributed by atoms with E-state index in [4.69, 9.17) is 5.73 Å². The maximum absolute atomic E-state index is 13.7. The van der Waals surface area contributed by atoms with E-state index in [1.165, 1.54) is 13.8 Å². The summed E-state index contributed by atoms with van der Waals surface area (Å²) in [6.45, 7) is 2.88. The van der Waals surface area contributed by atoms with Gasteiger partial charge in [-0.2, -0.15) is 0 Å². The Bertz CT molecular complexity index is 494. The fourth-order valence-corrected chi connectivity index (χ4v) is 1.57. The Morgan fingerprint density at radius 3 is 1.84 bits per heavy atom. The van der Waals surface area contributed by atoms with Gasteiger partial charge in [-0.15, -0.1) is 0 Å². The second-order valence-corrected chi connectivity index (χ2v) is 4.77. The van der Waals surface area contributed by atoms with Gasteiger partial charge in [-0.05, 0) is 20.3 Å². The van der Waals surface area contributed by atoms with E-state index < -0.39 is 52.3 Å². The van der Waals surface area contributed by atoms with E-state index in [9.17, 15) is 22.4 Å². The highest BCUT2D eigenvalue weighted by molar-refractivity contribution is 5.90. The van der Waals surface area contributed by atoms with Crippen molar-refractivity contribution in [1.82, 2.24) is 0 Å². The minimum atomic E-state index is -1.79. The van der Waals surface area contributed by atoms with Crippen molar-refractivity contribution in [3.8, 4) is 0 Å². The quantitative estimate of drug-likeness (QED) is 0.525. The van der Waals surface area contributed by atoms with Crippen molar-refractivity contribution in [3.05, 3.63) is 34.4 Å². The topological polar surface area (TPSA) is 52.3 Å². The third-order valence-electron chi connectivity index (χ3n) is 2.38. The van der Waals surface area contributed by atoms with Crippen LogP contribution in [-0.2, 0) is 11.2 Å². The summed E-state index contributed by atoms with van der Waals surface area (Å²) in [5, 5.41) is 0. The molecule has 106 valence electrons. The first-order valence-electron chi connectivity index (χ1n) is 5.32. The third kappa shape index (κ3) is 3.04. The normalized spacial score (nSPS) is 11.6. The molecule has 0 unspecified atom stereocenters. The Hall–Kier alpha value is -1.63. The van der Waals surface area contributed by atoms with Crippen LogP contribution in [0.5, 0.6) is 0 Å². The number of hydrogen-bond acceptors (Lipinski definition) is 3. The van der Waals surface area contributed by atoms with Gasteiger partial charge in [-0.1, -0.05) is 0 Å². The van der Waals surface area contributed by atoms with Gasteiger partial charge in [0.1, 0.15) is 5.56 Å². The fourth-order valence-electron chi connectivity index (χ4n) is 1.57. The van der Waals surface area contributed by atoms with E-state index in [1.54, 1.807) is 0 Å². The molecular weight excluding hydrogens is 266 g/mol. The van der Waals surface area contributed by atoms with Crippen LogP contribution in [0, 0.1) is 23.3 Å². The molecular formula is C12H13F4NO2. The van der Waals surface area contributed by atoms with Crippen LogP contribution in [0.1, 0.15) is 29.8 Å². The van der Waals surface area contributed by atoms with Crippen molar-refractivity contribution in [2.24, 2.45) is 5.73 Å². The molecule has 0 radical (unpaired) electrons. The molecule has 0 aliphatic heterocycles. The number of methoxy groups -OCH3 is 1. The highest BCUT2D eigenvalue weighted by Crippen LogP contribution is 2.27. The number of carbonyl (C=O) groups is 1. The predicted octanol–water partition coefficient (Wildman–Crippen LogP) is 2.31. The molecule has 2 N–H and O–H groups in total. The van der Waals surface area contributed by atoms with Crippen LogP contribution in [0.25, 0.3) is 0 Å². The number of benzene rings is 1. The minimum absolute atomic E-state index is 0.431. The van der Waals surface area contributed by atoms with Gasteiger partial charge in [0, 0.05) is 11.1 Å². The van der Waals surface area contributed by atoms with Crippen LogP contribution in [0.2, 0.25) is 0 Å². The van der Waals surface area contributed by atoms with Gasteiger partial charge in [0.25, 0.3) is 0 Å². The lowest BCUT2D eigenvalue weighted by Crippen LogP contribution is -2.35. The van der Waals surface area contributed by atoms with Crippen LogP contribution >= 0.6 is 0 Å². The Labute approximate surface area is 107 Å². The van der Waals surface area contributed by atoms with Crippen molar-refractivity contribution in [3.63, 3.8) is 0 Å². The van der Waals surface area contributed by atoms with Crippen LogP contribution in [0.3, 0.4) is 0 Å². The van der Waals surface area contributed by atoms with Crippen LogP contribution in [0.15, 0.2) is 0 Å². The zero-order valence-corrected chi connectivity index (χ0v) is 10.6. The molecule has 0 aliphatic rings. The molecule has 0 aromatic heterocycles. The largest absolute Gasteiger partial charge is 0.465 e. The second kappa shape index (κ2) is 5.16. The number of ether oxygens (including phenoxy) is 1. The summed E-state index contributed by atoms with van der Waals surface area (Å²) in [6, 6.07) is 0. The van der Waals surface area contributed by atoms with E-state index in [1.807, 2.05) is 0 Å². The van der Waals surface area contributed by atoms with E-state index in [2.05, 4.69) is 4.74 Å². The Kier molecular flexibility index (Phi) is 4.19. The first-order chi connectivity index (χ1) is 8.60. The average molecular weight is 279 g/mol. The highest BCUT2D eigenvalue weighted by Gasteiger charge is 2.31. The number of carbonyl (C=O) groups excluding carboxylic acids is 1. The maximum Gasteiger partial charge on any atom is 0.344 e. The summed E-state index contributed by atoms with van der Waals surface area (Å²) in [4.78, 5) is 11.1. The van der Waals surface area contributed by atoms with Crippen LogP contribution in [-0.4, -0.2) is 18.6 Å². The molecule has 1 aromatic carbocycles. The molecule has 3 nitrogen and oxygen atoms in total. The number of hydrogen-bond donors (Lipinski definition) is 1. The first kappa shape index (κ1) is 15.4. The van der Waals surface area contributed by atoms with Gasteiger partial charge in [0.05, 0.1) is 7.11 Å². The van der Waals surface area contributed by atoms with Gasteiger partial charge in [0.15, 0.2) is 23.3 Å². The molecule has 1 aromatic rings. The monoisotopic (exact) mass is 279 g/mol. The first-order valence-corrected chi connectivity index (χ1v) is 5.32. The Morgan fingerprint density at radius 1 is 1.11 bits per heavy atom. The summed E-state index contributed by atoms with van der Waals surface area (Å²) < 4.78 is 58.6. The summed E-state index contributed by atoms with van der Waals surface area (Å²) in [6.07, 6.45) is -0.431. The van der Waals surface area contributed by atoms with E-state index >= 15 is 0 Å². The van der Waals surface area contributed by atoms with Gasteiger partial charge >= 0.3 is 5.97 Å².